The molecule has 0 bridgehead atoms. The molecular formula is C14H14O2. The highest BCUT2D eigenvalue weighted by molar-refractivity contribution is 6.00. The number of carbonyl (C=O) groups is 1. The van der Waals surface area contributed by atoms with Gasteiger partial charge >= 0.3 is 0 Å². The van der Waals surface area contributed by atoms with Gasteiger partial charge in [-0.2, -0.15) is 0 Å². The lowest BCUT2D eigenvalue weighted by atomic mass is 9.92. The molecule has 4 rings (SSSR count). The molecule has 2 aliphatic carbocycles. The molecule has 0 N–H and O–H groups in total. The van der Waals surface area contributed by atoms with Gasteiger partial charge in [-0.1, -0.05) is 18.2 Å². The van der Waals surface area contributed by atoms with Crippen LogP contribution in [0.4, 0.5) is 0 Å². The molecule has 1 aliphatic heterocycles. The van der Waals surface area contributed by atoms with E-state index in [4.69, 9.17) is 4.74 Å². The fourth-order valence-corrected chi connectivity index (χ4v) is 2.74. The van der Waals surface area contributed by atoms with Crippen LogP contribution in [-0.2, 0) is 10.3 Å². The molecule has 1 aromatic carbocycles. The number of Topliss-reactive ketones (excluding diaryl/α,β-unsaturated/α-hetero) is 1. The van der Waals surface area contributed by atoms with Crippen molar-refractivity contribution in [3.05, 3.63) is 34.9 Å². The Bertz CT molecular complexity index is 482. The molecule has 0 atom stereocenters. The number of ether oxygens (including phenoxy) is 1. The van der Waals surface area contributed by atoms with Gasteiger partial charge in [0.15, 0.2) is 5.78 Å². The molecule has 1 spiro atoms. The smallest absolute Gasteiger partial charge is 0.188 e. The Morgan fingerprint density at radius 3 is 2.75 bits per heavy atom. The molecule has 16 heavy (non-hydrogen) atoms. The Balaban J connectivity index is 1.88. The third kappa shape index (κ3) is 1.14. The summed E-state index contributed by atoms with van der Waals surface area (Å²) in [6.45, 7) is 0.274. The van der Waals surface area contributed by atoms with Crippen molar-refractivity contribution in [2.75, 3.05) is 6.61 Å². The van der Waals surface area contributed by atoms with E-state index in [9.17, 15) is 4.79 Å². The minimum atomic E-state index is -0.0753. The second-order valence-electron chi connectivity index (χ2n) is 5.29. The van der Waals surface area contributed by atoms with Crippen molar-refractivity contribution in [2.45, 2.75) is 37.2 Å². The highest BCUT2D eigenvalue weighted by atomic mass is 16.5. The topological polar surface area (TPSA) is 26.3 Å². The van der Waals surface area contributed by atoms with Gasteiger partial charge in [0.05, 0.1) is 5.60 Å². The number of hydrogen-bond donors (Lipinski definition) is 0. The van der Waals surface area contributed by atoms with E-state index in [1.165, 1.54) is 24.0 Å². The first kappa shape index (κ1) is 8.94. The Hall–Kier alpha value is -1.15. The molecule has 0 radical (unpaired) electrons. The van der Waals surface area contributed by atoms with E-state index in [-0.39, 0.29) is 18.0 Å². The Morgan fingerprint density at radius 1 is 1.25 bits per heavy atom. The number of rotatable bonds is 1. The second-order valence-corrected chi connectivity index (χ2v) is 5.29. The SMILES string of the molecule is O=C1COC2(CC2)c2cc(C3CC3)ccc21. The summed E-state index contributed by atoms with van der Waals surface area (Å²) in [6.07, 6.45) is 4.78. The van der Waals surface area contributed by atoms with Crippen molar-refractivity contribution in [3.8, 4) is 0 Å². The lowest BCUT2D eigenvalue weighted by Crippen LogP contribution is -2.27. The van der Waals surface area contributed by atoms with E-state index in [1.807, 2.05) is 6.07 Å². The van der Waals surface area contributed by atoms with Gasteiger partial charge in [-0.3, -0.25) is 4.79 Å². The molecule has 82 valence electrons. The first-order valence-corrected chi connectivity index (χ1v) is 6.10. The molecule has 3 aliphatic rings. The predicted molar refractivity (Wildman–Crippen MR) is 59.6 cm³/mol. The van der Waals surface area contributed by atoms with E-state index in [2.05, 4.69) is 12.1 Å². The molecule has 2 nitrogen and oxygen atoms in total. The maximum atomic E-state index is 11.8. The van der Waals surface area contributed by atoms with Gasteiger partial charge in [0.2, 0.25) is 0 Å². The number of carbonyl (C=O) groups excluding carboxylic acids is 1. The first-order valence-electron chi connectivity index (χ1n) is 6.10. The van der Waals surface area contributed by atoms with Crippen LogP contribution in [0.15, 0.2) is 18.2 Å². The van der Waals surface area contributed by atoms with Gasteiger partial charge in [-0.25, -0.2) is 0 Å². The molecule has 0 saturated heterocycles. The summed E-state index contributed by atoms with van der Waals surface area (Å²) in [4.78, 5) is 11.8. The van der Waals surface area contributed by atoms with Crippen LogP contribution in [0.1, 0.15) is 53.1 Å². The molecule has 2 saturated carbocycles. The zero-order valence-corrected chi connectivity index (χ0v) is 9.16. The maximum absolute atomic E-state index is 11.8. The summed E-state index contributed by atoms with van der Waals surface area (Å²) in [5.41, 5.74) is 3.42. The van der Waals surface area contributed by atoms with Crippen LogP contribution in [0.25, 0.3) is 0 Å². The Kier molecular flexibility index (Phi) is 1.54. The van der Waals surface area contributed by atoms with Crippen LogP contribution < -0.4 is 0 Å². The van der Waals surface area contributed by atoms with E-state index in [1.54, 1.807) is 0 Å². The molecule has 1 aromatic rings. The van der Waals surface area contributed by atoms with Crippen molar-refractivity contribution in [2.24, 2.45) is 0 Å². The van der Waals surface area contributed by atoms with Gasteiger partial charge in [0.1, 0.15) is 6.61 Å². The zero-order chi connectivity index (χ0) is 10.8. The third-order valence-electron chi connectivity index (χ3n) is 4.07. The highest BCUT2D eigenvalue weighted by Gasteiger charge is 2.50. The lowest BCUT2D eigenvalue weighted by Gasteiger charge is -2.25. The highest BCUT2D eigenvalue weighted by Crippen LogP contribution is 2.53. The van der Waals surface area contributed by atoms with E-state index >= 15 is 0 Å². The Labute approximate surface area is 94.6 Å². The number of benzene rings is 1. The molecule has 0 aromatic heterocycles. The van der Waals surface area contributed by atoms with Gasteiger partial charge in [0.25, 0.3) is 0 Å². The molecule has 2 heteroatoms. The van der Waals surface area contributed by atoms with Crippen LogP contribution in [0.3, 0.4) is 0 Å². The summed E-state index contributed by atoms with van der Waals surface area (Å²) in [5, 5.41) is 0. The minimum absolute atomic E-state index is 0.0753. The fraction of sp³-hybridized carbons (Fsp3) is 0.500. The number of fused-ring (bicyclic) bond motifs is 2. The molecule has 2 fully saturated rings. The van der Waals surface area contributed by atoms with Crippen LogP contribution in [0.5, 0.6) is 0 Å². The number of ketones is 1. The molecule has 1 heterocycles. The Morgan fingerprint density at radius 2 is 2.06 bits per heavy atom. The maximum Gasteiger partial charge on any atom is 0.188 e. The van der Waals surface area contributed by atoms with Crippen LogP contribution >= 0.6 is 0 Å². The van der Waals surface area contributed by atoms with E-state index in [0.29, 0.717) is 0 Å². The van der Waals surface area contributed by atoms with Gasteiger partial charge in [-0.05, 0) is 42.7 Å². The average Bonchev–Trinajstić information content (AvgIpc) is 3.17. The summed E-state index contributed by atoms with van der Waals surface area (Å²) in [5.74, 6) is 0.896. The molecular weight excluding hydrogens is 200 g/mol. The van der Waals surface area contributed by atoms with Crippen molar-refractivity contribution >= 4 is 5.78 Å². The molecule has 0 unspecified atom stereocenters. The van der Waals surface area contributed by atoms with Crippen LogP contribution in [0.2, 0.25) is 0 Å². The van der Waals surface area contributed by atoms with Crippen molar-refractivity contribution in [1.29, 1.82) is 0 Å². The second kappa shape index (κ2) is 2.75. The zero-order valence-electron chi connectivity index (χ0n) is 9.16. The summed E-state index contributed by atoms with van der Waals surface area (Å²) < 4.78 is 5.72. The van der Waals surface area contributed by atoms with Gasteiger partial charge in [-0.15, -0.1) is 0 Å². The van der Waals surface area contributed by atoms with Crippen LogP contribution in [0, 0.1) is 0 Å². The number of hydrogen-bond acceptors (Lipinski definition) is 2. The first-order chi connectivity index (χ1) is 7.78. The van der Waals surface area contributed by atoms with E-state index < -0.39 is 0 Å². The van der Waals surface area contributed by atoms with Gasteiger partial charge < -0.3 is 4.74 Å². The summed E-state index contributed by atoms with van der Waals surface area (Å²) in [7, 11) is 0. The van der Waals surface area contributed by atoms with Gasteiger partial charge in [0, 0.05) is 5.56 Å². The largest absolute Gasteiger partial charge is 0.362 e. The van der Waals surface area contributed by atoms with E-state index in [0.717, 1.165) is 24.3 Å². The average molecular weight is 214 g/mol. The summed E-state index contributed by atoms with van der Waals surface area (Å²) in [6, 6.07) is 6.39. The minimum Gasteiger partial charge on any atom is -0.362 e. The van der Waals surface area contributed by atoms with Crippen molar-refractivity contribution in [3.63, 3.8) is 0 Å². The lowest BCUT2D eigenvalue weighted by molar-refractivity contribution is 0.0204. The van der Waals surface area contributed by atoms with Crippen molar-refractivity contribution < 1.29 is 9.53 Å². The van der Waals surface area contributed by atoms with Crippen LogP contribution in [-0.4, -0.2) is 12.4 Å². The summed E-state index contributed by atoms with van der Waals surface area (Å²) >= 11 is 0. The predicted octanol–water partition coefficient (Wildman–Crippen LogP) is 2.77. The fourth-order valence-electron chi connectivity index (χ4n) is 2.74. The molecule has 0 amide bonds. The standard InChI is InChI=1S/C14H14O2/c15-13-8-16-14(5-6-14)12-7-10(9-1-2-9)3-4-11(12)13/h3-4,7,9H,1-2,5-6,8H2. The normalized spacial score (nSPS) is 25.6. The monoisotopic (exact) mass is 214 g/mol. The third-order valence-corrected chi connectivity index (χ3v) is 4.07. The van der Waals surface area contributed by atoms with Crippen molar-refractivity contribution in [1.82, 2.24) is 0 Å². The quantitative estimate of drug-likeness (QED) is 0.718.